The number of hydrogen-bond acceptors (Lipinski definition) is 4. The number of unbranched alkanes of at least 4 members (excludes halogenated alkanes) is 2. The molecule has 0 bridgehead atoms. The summed E-state index contributed by atoms with van der Waals surface area (Å²) < 4.78 is 37.2. The Morgan fingerprint density at radius 2 is 2.05 bits per heavy atom. The molecule has 0 aliphatic heterocycles. The smallest absolute Gasteiger partial charge is 0.335 e. The van der Waals surface area contributed by atoms with Crippen LogP contribution in [0.25, 0.3) is 0 Å². The predicted octanol–water partition coefficient (Wildman–Crippen LogP) is 1.99. The van der Waals surface area contributed by atoms with Crippen molar-refractivity contribution >= 4 is 15.8 Å². The average molecular weight is 285 g/mol. The highest BCUT2D eigenvalue weighted by Crippen LogP contribution is 2.19. The molecule has 0 heterocycles. The van der Waals surface area contributed by atoms with Gasteiger partial charge in [-0.1, -0.05) is 0 Å². The van der Waals surface area contributed by atoms with Crippen LogP contribution in [0.15, 0.2) is 23.1 Å². The number of halogens is 1. The highest BCUT2D eigenvalue weighted by Gasteiger charge is 2.20. The first-order chi connectivity index (χ1) is 8.88. The molecular weight excluding hydrogens is 273 g/mol. The van der Waals surface area contributed by atoms with Crippen LogP contribution in [0.4, 0.5) is 4.39 Å². The van der Waals surface area contributed by atoms with Crippen LogP contribution >= 0.6 is 0 Å². The minimum atomic E-state index is -3.88. The number of nitriles is 1. The molecule has 0 saturated heterocycles. The fourth-order valence-electron chi connectivity index (χ4n) is 1.48. The fourth-order valence-corrected chi connectivity index (χ4v) is 2.96. The van der Waals surface area contributed by atoms with Gasteiger partial charge in [0.25, 0.3) is 0 Å². The molecule has 5 nitrogen and oxygen atoms in total. The summed E-state index contributed by atoms with van der Waals surface area (Å²) in [5, 5.41) is 17.1. The molecule has 19 heavy (non-hydrogen) atoms. The summed E-state index contributed by atoms with van der Waals surface area (Å²) in [6.07, 6.45) is 0.857. The first-order valence-electron chi connectivity index (χ1n) is 5.51. The van der Waals surface area contributed by atoms with Crippen molar-refractivity contribution in [1.82, 2.24) is 0 Å². The van der Waals surface area contributed by atoms with E-state index in [1.54, 1.807) is 0 Å². The molecule has 1 rings (SSSR count). The third-order valence-electron chi connectivity index (χ3n) is 2.46. The number of benzene rings is 1. The van der Waals surface area contributed by atoms with Crippen LogP contribution in [0.1, 0.15) is 29.6 Å². The largest absolute Gasteiger partial charge is 0.478 e. The molecule has 1 aromatic rings. The molecule has 0 spiro atoms. The maximum atomic E-state index is 13.5. The molecule has 0 amide bonds. The van der Waals surface area contributed by atoms with Gasteiger partial charge in [-0.2, -0.15) is 5.26 Å². The summed E-state index contributed by atoms with van der Waals surface area (Å²) in [6.45, 7) is 0. The van der Waals surface area contributed by atoms with Gasteiger partial charge in [0.1, 0.15) is 10.7 Å². The van der Waals surface area contributed by atoms with Gasteiger partial charge in [0, 0.05) is 6.42 Å². The quantitative estimate of drug-likeness (QED) is 0.806. The Hall–Kier alpha value is -1.94. The van der Waals surface area contributed by atoms with Crippen molar-refractivity contribution in [2.24, 2.45) is 0 Å². The monoisotopic (exact) mass is 285 g/mol. The summed E-state index contributed by atoms with van der Waals surface area (Å²) in [5.41, 5.74) is -0.281. The van der Waals surface area contributed by atoms with Gasteiger partial charge < -0.3 is 5.11 Å². The Morgan fingerprint density at radius 3 is 2.63 bits per heavy atom. The highest BCUT2D eigenvalue weighted by atomic mass is 32.2. The van der Waals surface area contributed by atoms with Crippen LogP contribution in [0, 0.1) is 17.1 Å². The molecular formula is C12H12FNO4S. The molecule has 7 heteroatoms. The number of hydrogen-bond donors (Lipinski definition) is 1. The standard InChI is InChI=1S/C12H12FNO4S/c13-10-5-4-9(12(15)16)8-11(10)19(17,18)7-3-1-2-6-14/h4-5,8H,1-3,7H2,(H,15,16). The van der Waals surface area contributed by atoms with Crippen LogP contribution in [-0.2, 0) is 9.84 Å². The normalized spacial score (nSPS) is 10.9. The van der Waals surface area contributed by atoms with Gasteiger partial charge >= 0.3 is 5.97 Å². The van der Waals surface area contributed by atoms with Crippen molar-refractivity contribution in [3.05, 3.63) is 29.6 Å². The van der Waals surface area contributed by atoms with E-state index in [-0.39, 0.29) is 24.2 Å². The zero-order valence-corrected chi connectivity index (χ0v) is 10.8. The van der Waals surface area contributed by atoms with E-state index in [4.69, 9.17) is 10.4 Å². The third-order valence-corrected chi connectivity index (χ3v) is 4.27. The second-order valence-corrected chi connectivity index (χ2v) is 5.96. The van der Waals surface area contributed by atoms with E-state index >= 15 is 0 Å². The van der Waals surface area contributed by atoms with E-state index in [0.29, 0.717) is 6.42 Å². The van der Waals surface area contributed by atoms with E-state index in [0.717, 1.165) is 18.2 Å². The molecule has 1 aromatic carbocycles. The number of carboxylic acids is 1. The minimum Gasteiger partial charge on any atom is -0.478 e. The van der Waals surface area contributed by atoms with Gasteiger partial charge in [0.15, 0.2) is 9.84 Å². The number of nitrogens with zero attached hydrogens (tertiary/aromatic N) is 1. The van der Waals surface area contributed by atoms with Crippen LogP contribution in [0.5, 0.6) is 0 Å². The summed E-state index contributed by atoms with van der Waals surface area (Å²) in [6, 6.07) is 4.53. The van der Waals surface area contributed by atoms with E-state index in [1.807, 2.05) is 6.07 Å². The van der Waals surface area contributed by atoms with Crippen molar-refractivity contribution in [3.8, 4) is 6.07 Å². The van der Waals surface area contributed by atoms with Crippen molar-refractivity contribution in [2.75, 3.05) is 5.75 Å². The molecule has 1 N–H and O–H groups in total. The maximum Gasteiger partial charge on any atom is 0.335 e. The van der Waals surface area contributed by atoms with E-state index in [9.17, 15) is 17.6 Å². The van der Waals surface area contributed by atoms with Gasteiger partial charge in [-0.05, 0) is 31.0 Å². The second kappa shape index (κ2) is 6.29. The van der Waals surface area contributed by atoms with Crippen LogP contribution in [0.3, 0.4) is 0 Å². The van der Waals surface area contributed by atoms with Crippen molar-refractivity contribution in [2.45, 2.75) is 24.2 Å². The SMILES string of the molecule is N#CCCCCS(=O)(=O)c1cc(C(=O)O)ccc1F. The van der Waals surface area contributed by atoms with Crippen molar-refractivity contribution < 1.29 is 22.7 Å². The number of carboxylic acid groups (broad SMARTS) is 1. The zero-order chi connectivity index (χ0) is 14.5. The number of rotatable bonds is 6. The van der Waals surface area contributed by atoms with Crippen LogP contribution in [-0.4, -0.2) is 25.2 Å². The van der Waals surface area contributed by atoms with Gasteiger partial charge in [0.05, 0.1) is 17.4 Å². The summed E-state index contributed by atoms with van der Waals surface area (Å²) in [4.78, 5) is 10.1. The minimum absolute atomic E-state index is 0.229. The lowest BCUT2D eigenvalue weighted by Gasteiger charge is -2.06. The molecule has 0 fully saturated rings. The first kappa shape index (κ1) is 15.1. The van der Waals surface area contributed by atoms with Crippen molar-refractivity contribution in [1.29, 1.82) is 5.26 Å². The Labute approximate surface area is 110 Å². The average Bonchev–Trinajstić information content (AvgIpc) is 2.34. The predicted molar refractivity (Wildman–Crippen MR) is 64.9 cm³/mol. The zero-order valence-electron chi connectivity index (χ0n) is 9.97. The molecule has 0 atom stereocenters. The fraction of sp³-hybridized carbons (Fsp3) is 0.333. The summed E-state index contributed by atoms with van der Waals surface area (Å²) >= 11 is 0. The summed E-state index contributed by atoms with van der Waals surface area (Å²) in [7, 11) is -3.88. The number of carbonyl (C=O) groups is 1. The van der Waals surface area contributed by atoms with E-state index < -0.39 is 26.5 Å². The topological polar surface area (TPSA) is 95.2 Å². The summed E-state index contributed by atoms with van der Waals surface area (Å²) in [5.74, 6) is -2.60. The van der Waals surface area contributed by atoms with Gasteiger partial charge in [-0.15, -0.1) is 0 Å². The Kier molecular flexibility index (Phi) is 5.01. The Morgan fingerprint density at radius 1 is 1.37 bits per heavy atom. The van der Waals surface area contributed by atoms with Gasteiger partial charge in [-0.3, -0.25) is 0 Å². The van der Waals surface area contributed by atoms with Crippen LogP contribution < -0.4 is 0 Å². The van der Waals surface area contributed by atoms with E-state index in [1.165, 1.54) is 0 Å². The first-order valence-corrected chi connectivity index (χ1v) is 7.16. The molecule has 0 unspecified atom stereocenters. The van der Waals surface area contributed by atoms with Gasteiger partial charge in [-0.25, -0.2) is 17.6 Å². The molecule has 0 aliphatic carbocycles. The maximum absolute atomic E-state index is 13.5. The second-order valence-electron chi connectivity index (χ2n) is 3.88. The Balaban J connectivity index is 2.97. The molecule has 102 valence electrons. The lowest BCUT2D eigenvalue weighted by Crippen LogP contribution is -2.10. The van der Waals surface area contributed by atoms with E-state index in [2.05, 4.69) is 0 Å². The van der Waals surface area contributed by atoms with Crippen LogP contribution in [0.2, 0.25) is 0 Å². The third kappa shape index (κ3) is 4.03. The number of aromatic carboxylic acids is 1. The lowest BCUT2D eigenvalue weighted by molar-refractivity contribution is 0.0696. The highest BCUT2D eigenvalue weighted by molar-refractivity contribution is 7.91. The van der Waals surface area contributed by atoms with Gasteiger partial charge in [0.2, 0.25) is 0 Å². The molecule has 0 radical (unpaired) electrons. The lowest BCUT2D eigenvalue weighted by atomic mass is 10.2. The van der Waals surface area contributed by atoms with Crippen molar-refractivity contribution in [3.63, 3.8) is 0 Å². The number of sulfone groups is 1. The molecule has 0 saturated carbocycles. The Bertz CT molecular complexity index is 619. The molecule has 0 aromatic heterocycles. The molecule has 0 aliphatic rings.